The highest BCUT2D eigenvalue weighted by atomic mass is 79.9. The third kappa shape index (κ3) is 1.82. The SMILES string of the molecule is O=C(Nc1cncc(Br)n1)[C@H]1NC[C@H]2C[C@H]21. The molecule has 0 unspecified atom stereocenters. The molecule has 3 atom stereocenters. The minimum Gasteiger partial charge on any atom is -0.308 e. The quantitative estimate of drug-likeness (QED) is 0.842. The van der Waals surface area contributed by atoms with Crippen LogP contribution in [0.3, 0.4) is 0 Å². The summed E-state index contributed by atoms with van der Waals surface area (Å²) in [4.78, 5) is 20.0. The van der Waals surface area contributed by atoms with Gasteiger partial charge >= 0.3 is 0 Å². The Bertz CT molecular complexity index is 439. The van der Waals surface area contributed by atoms with Crippen molar-refractivity contribution in [3.8, 4) is 0 Å². The molecule has 1 saturated heterocycles. The van der Waals surface area contributed by atoms with Gasteiger partial charge < -0.3 is 10.6 Å². The third-order valence-corrected chi connectivity index (χ3v) is 3.53. The number of hydrogen-bond donors (Lipinski definition) is 2. The molecule has 1 aromatic heterocycles. The first-order valence-corrected chi connectivity index (χ1v) is 6.05. The fraction of sp³-hybridized carbons (Fsp3) is 0.500. The number of rotatable bonds is 2. The molecule has 16 heavy (non-hydrogen) atoms. The molecule has 84 valence electrons. The molecule has 3 rings (SSSR count). The van der Waals surface area contributed by atoms with E-state index in [2.05, 4.69) is 36.5 Å². The Labute approximate surface area is 101 Å². The zero-order valence-electron chi connectivity index (χ0n) is 8.48. The van der Waals surface area contributed by atoms with Crippen LogP contribution in [0.25, 0.3) is 0 Å². The lowest BCUT2D eigenvalue weighted by molar-refractivity contribution is -0.118. The second kappa shape index (κ2) is 3.78. The highest BCUT2D eigenvalue weighted by molar-refractivity contribution is 9.10. The fourth-order valence-corrected chi connectivity index (χ4v) is 2.55. The average Bonchev–Trinajstić information content (AvgIpc) is 2.89. The van der Waals surface area contributed by atoms with Gasteiger partial charge in [0, 0.05) is 0 Å². The molecule has 2 heterocycles. The molecule has 1 aliphatic heterocycles. The van der Waals surface area contributed by atoms with Crippen molar-refractivity contribution in [1.82, 2.24) is 15.3 Å². The molecule has 2 fully saturated rings. The van der Waals surface area contributed by atoms with E-state index in [4.69, 9.17) is 0 Å². The van der Waals surface area contributed by atoms with Crippen molar-refractivity contribution in [3.63, 3.8) is 0 Å². The number of amides is 1. The van der Waals surface area contributed by atoms with E-state index in [0.717, 1.165) is 6.54 Å². The summed E-state index contributed by atoms with van der Waals surface area (Å²) in [5.74, 6) is 1.73. The predicted molar refractivity (Wildman–Crippen MR) is 61.7 cm³/mol. The van der Waals surface area contributed by atoms with Crippen LogP contribution in [0.4, 0.5) is 5.82 Å². The molecule has 1 aromatic rings. The summed E-state index contributed by atoms with van der Waals surface area (Å²) in [6, 6.07) is -0.0502. The Kier molecular flexibility index (Phi) is 2.40. The maximum absolute atomic E-state index is 11.9. The third-order valence-electron chi connectivity index (χ3n) is 3.14. The van der Waals surface area contributed by atoms with Crippen LogP contribution in [0.15, 0.2) is 17.0 Å². The van der Waals surface area contributed by atoms with Crippen LogP contribution in [-0.2, 0) is 4.79 Å². The van der Waals surface area contributed by atoms with Crippen molar-refractivity contribution in [1.29, 1.82) is 0 Å². The van der Waals surface area contributed by atoms with Gasteiger partial charge in [0.05, 0.1) is 18.4 Å². The van der Waals surface area contributed by atoms with Gasteiger partial charge in [0.25, 0.3) is 0 Å². The highest BCUT2D eigenvalue weighted by Gasteiger charge is 2.50. The average molecular weight is 283 g/mol. The number of carbonyl (C=O) groups excluding carboxylic acids is 1. The Morgan fingerprint density at radius 3 is 3.06 bits per heavy atom. The smallest absolute Gasteiger partial charge is 0.243 e. The summed E-state index contributed by atoms with van der Waals surface area (Å²) in [5.41, 5.74) is 0. The first-order valence-electron chi connectivity index (χ1n) is 5.26. The Hall–Kier alpha value is -1.01. The maximum Gasteiger partial charge on any atom is 0.243 e. The molecule has 1 amide bonds. The molecule has 5 nitrogen and oxygen atoms in total. The zero-order chi connectivity index (χ0) is 11.1. The van der Waals surface area contributed by atoms with E-state index in [0.29, 0.717) is 22.3 Å². The fourth-order valence-electron chi connectivity index (χ4n) is 2.24. The summed E-state index contributed by atoms with van der Waals surface area (Å²) in [6.45, 7) is 0.965. The van der Waals surface area contributed by atoms with Crippen LogP contribution >= 0.6 is 15.9 Å². The number of piperidine rings is 1. The summed E-state index contributed by atoms with van der Waals surface area (Å²) < 4.78 is 0.619. The predicted octanol–water partition coefficient (Wildman–Crippen LogP) is 0.785. The van der Waals surface area contributed by atoms with E-state index >= 15 is 0 Å². The van der Waals surface area contributed by atoms with Gasteiger partial charge in [-0.05, 0) is 40.7 Å². The lowest BCUT2D eigenvalue weighted by atomic mass is 10.2. The maximum atomic E-state index is 11.9. The van der Waals surface area contributed by atoms with E-state index < -0.39 is 0 Å². The van der Waals surface area contributed by atoms with Crippen molar-refractivity contribution in [2.45, 2.75) is 12.5 Å². The number of carbonyl (C=O) groups is 1. The van der Waals surface area contributed by atoms with E-state index in [1.54, 1.807) is 12.4 Å². The summed E-state index contributed by atoms with van der Waals surface area (Å²) in [7, 11) is 0. The number of hydrogen-bond acceptors (Lipinski definition) is 4. The summed E-state index contributed by atoms with van der Waals surface area (Å²) >= 11 is 3.22. The van der Waals surface area contributed by atoms with Gasteiger partial charge in [-0.15, -0.1) is 0 Å². The van der Waals surface area contributed by atoms with E-state index in [1.165, 1.54) is 6.42 Å². The van der Waals surface area contributed by atoms with Crippen molar-refractivity contribution in [2.75, 3.05) is 11.9 Å². The minimum absolute atomic E-state index is 0.00241. The Balaban J connectivity index is 1.68. The Morgan fingerprint density at radius 1 is 1.56 bits per heavy atom. The first-order chi connectivity index (χ1) is 7.74. The molecule has 2 N–H and O–H groups in total. The van der Waals surface area contributed by atoms with Crippen LogP contribution in [0.2, 0.25) is 0 Å². The van der Waals surface area contributed by atoms with Crippen molar-refractivity contribution in [2.24, 2.45) is 11.8 Å². The van der Waals surface area contributed by atoms with E-state index in [9.17, 15) is 4.79 Å². The van der Waals surface area contributed by atoms with Crippen LogP contribution in [-0.4, -0.2) is 28.5 Å². The van der Waals surface area contributed by atoms with Gasteiger partial charge in [-0.3, -0.25) is 9.78 Å². The zero-order valence-corrected chi connectivity index (χ0v) is 10.1. The second-order valence-corrected chi connectivity index (χ2v) is 5.07. The van der Waals surface area contributed by atoms with Crippen molar-refractivity contribution >= 4 is 27.7 Å². The monoisotopic (exact) mass is 282 g/mol. The first kappa shape index (κ1) is 10.2. The van der Waals surface area contributed by atoms with E-state index in [-0.39, 0.29) is 11.9 Å². The van der Waals surface area contributed by atoms with Gasteiger partial charge in [0.15, 0.2) is 5.82 Å². The number of fused-ring (bicyclic) bond motifs is 1. The lowest BCUT2D eigenvalue weighted by Crippen LogP contribution is -2.39. The van der Waals surface area contributed by atoms with Gasteiger partial charge in [-0.2, -0.15) is 0 Å². The Morgan fingerprint density at radius 2 is 2.44 bits per heavy atom. The van der Waals surface area contributed by atoms with Gasteiger partial charge in [-0.1, -0.05) is 0 Å². The van der Waals surface area contributed by atoms with Crippen molar-refractivity contribution < 1.29 is 4.79 Å². The summed E-state index contributed by atoms with van der Waals surface area (Å²) in [5, 5.41) is 6.00. The lowest BCUT2D eigenvalue weighted by Gasteiger charge is -2.12. The molecule has 2 aliphatic rings. The molecule has 1 saturated carbocycles. The van der Waals surface area contributed by atoms with Crippen LogP contribution in [0.5, 0.6) is 0 Å². The number of aromatic nitrogens is 2. The van der Waals surface area contributed by atoms with Crippen LogP contribution < -0.4 is 10.6 Å². The number of nitrogens with zero attached hydrogens (tertiary/aromatic N) is 2. The molecule has 0 spiro atoms. The van der Waals surface area contributed by atoms with Crippen LogP contribution in [0, 0.1) is 11.8 Å². The molecule has 0 bridgehead atoms. The normalized spacial score (nSPS) is 30.9. The minimum atomic E-state index is -0.0502. The molecular formula is C10H11BrN4O. The number of halogens is 1. The summed E-state index contributed by atoms with van der Waals surface area (Å²) in [6.07, 6.45) is 4.30. The molecule has 0 radical (unpaired) electrons. The van der Waals surface area contributed by atoms with Gasteiger partial charge in [0.1, 0.15) is 4.60 Å². The number of anilines is 1. The van der Waals surface area contributed by atoms with E-state index in [1.807, 2.05) is 0 Å². The van der Waals surface area contributed by atoms with Gasteiger partial charge in [0.2, 0.25) is 5.91 Å². The highest BCUT2D eigenvalue weighted by Crippen LogP contribution is 2.45. The van der Waals surface area contributed by atoms with Crippen molar-refractivity contribution in [3.05, 3.63) is 17.0 Å². The van der Waals surface area contributed by atoms with Crippen LogP contribution in [0.1, 0.15) is 6.42 Å². The second-order valence-electron chi connectivity index (χ2n) is 4.26. The molecule has 6 heteroatoms. The topological polar surface area (TPSA) is 66.9 Å². The largest absolute Gasteiger partial charge is 0.308 e. The number of nitrogens with one attached hydrogen (secondary N) is 2. The standard InChI is InChI=1S/C10H11BrN4O/c11-7-3-12-4-8(14-7)15-10(16)9-6-1-5(6)2-13-9/h3-6,9,13H,1-2H2,(H,14,15,16)/t5-,6-,9+/m1/s1. The molecular weight excluding hydrogens is 272 g/mol. The molecule has 1 aliphatic carbocycles. The van der Waals surface area contributed by atoms with Gasteiger partial charge in [-0.25, -0.2) is 4.98 Å². The molecule has 0 aromatic carbocycles.